The van der Waals surface area contributed by atoms with Gasteiger partial charge in [-0.2, -0.15) is 5.10 Å². The van der Waals surface area contributed by atoms with Gasteiger partial charge in [-0.05, 0) is 17.2 Å². The normalized spacial score (nSPS) is 10.7. The van der Waals surface area contributed by atoms with Gasteiger partial charge in [0, 0.05) is 25.2 Å². The van der Waals surface area contributed by atoms with Gasteiger partial charge in [0.15, 0.2) is 0 Å². The Morgan fingerprint density at radius 2 is 2.19 bits per heavy atom. The first kappa shape index (κ1) is 10.8. The zero-order valence-electron chi connectivity index (χ0n) is 9.02. The summed E-state index contributed by atoms with van der Waals surface area (Å²) in [5.41, 5.74) is 2.25. The molecule has 0 fully saturated rings. The molecule has 0 aliphatic rings. The van der Waals surface area contributed by atoms with Crippen LogP contribution >= 0.6 is 0 Å². The minimum atomic E-state index is -0.358. The van der Waals surface area contributed by atoms with E-state index in [4.69, 9.17) is 5.11 Å². The maximum Gasteiger partial charge on any atom is 0.128 e. The number of hydrogen-bond donors (Lipinski definition) is 1. The van der Waals surface area contributed by atoms with E-state index in [9.17, 15) is 4.39 Å². The van der Waals surface area contributed by atoms with Gasteiger partial charge in [-0.3, -0.25) is 4.68 Å². The number of rotatable bonds is 3. The van der Waals surface area contributed by atoms with Crippen LogP contribution in [0.2, 0.25) is 0 Å². The van der Waals surface area contributed by atoms with Crippen LogP contribution < -0.4 is 0 Å². The third kappa shape index (κ3) is 2.28. The molecule has 0 saturated carbocycles. The Labute approximate surface area is 93.2 Å². The lowest BCUT2D eigenvalue weighted by Crippen LogP contribution is -1.93. The predicted molar refractivity (Wildman–Crippen MR) is 58.3 cm³/mol. The first-order chi connectivity index (χ1) is 7.69. The average Bonchev–Trinajstić information content (AvgIpc) is 2.64. The molecule has 0 amide bonds. The molecule has 3 nitrogen and oxygen atoms in total. The standard InChI is InChI=1S/C12H13FN2O/c1-15-7-10(6-14-15)4-9-2-3-11(8-16)12(13)5-9/h2-3,5-7,16H,4,8H2,1H3. The average molecular weight is 220 g/mol. The van der Waals surface area contributed by atoms with Crippen molar-refractivity contribution in [2.24, 2.45) is 7.05 Å². The first-order valence-electron chi connectivity index (χ1n) is 5.04. The summed E-state index contributed by atoms with van der Waals surface area (Å²) in [5, 5.41) is 12.9. The first-order valence-corrected chi connectivity index (χ1v) is 5.04. The van der Waals surface area contributed by atoms with Crippen LogP contribution in [0.1, 0.15) is 16.7 Å². The fraction of sp³-hybridized carbons (Fsp3) is 0.250. The highest BCUT2D eigenvalue weighted by Crippen LogP contribution is 2.13. The lowest BCUT2D eigenvalue weighted by atomic mass is 10.1. The molecule has 2 rings (SSSR count). The predicted octanol–water partition coefficient (Wildman–Crippen LogP) is 1.64. The Balaban J connectivity index is 2.19. The fourth-order valence-corrected chi connectivity index (χ4v) is 1.63. The Morgan fingerprint density at radius 3 is 2.75 bits per heavy atom. The van der Waals surface area contributed by atoms with Crippen molar-refractivity contribution in [2.75, 3.05) is 0 Å². The van der Waals surface area contributed by atoms with Crippen molar-refractivity contribution in [3.8, 4) is 0 Å². The second kappa shape index (κ2) is 4.45. The SMILES string of the molecule is Cn1cc(Cc2ccc(CO)c(F)c2)cn1. The summed E-state index contributed by atoms with van der Waals surface area (Å²) in [5.74, 6) is -0.358. The van der Waals surface area contributed by atoms with E-state index in [1.54, 1.807) is 16.9 Å². The summed E-state index contributed by atoms with van der Waals surface area (Å²) in [7, 11) is 1.85. The van der Waals surface area contributed by atoms with Crippen molar-refractivity contribution in [1.29, 1.82) is 0 Å². The van der Waals surface area contributed by atoms with Gasteiger partial charge in [0.25, 0.3) is 0 Å². The van der Waals surface area contributed by atoms with Crippen LogP contribution in [0.5, 0.6) is 0 Å². The van der Waals surface area contributed by atoms with E-state index in [1.807, 2.05) is 19.3 Å². The van der Waals surface area contributed by atoms with Crippen molar-refractivity contribution in [3.63, 3.8) is 0 Å². The Morgan fingerprint density at radius 1 is 1.38 bits per heavy atom. The number of aliphatic hydroxyl groups is 1. The van der Waals surface area contributed by atoms with Gasteiger partial charge < -0.3 is 5.11 Å². The van der Waals surface area contributed by atoms with Crippen LogP contribution in [-0.4, -0.2) is 14.9 Å². The molecular weight excluding hydrogens is 207 g/mol. The van der Waals surface area contributed by atoms with Gasteiger partial charge in [-0.25, -0.2) is 4.39 Å². The van der Waals surface area contributed by atoms with E-state index in [-0.39, 0.29) is 12.4 Å². The molecule has 0 aliphatic heterocycles. The third-order valence-electron chi connectivity index (χ3n) is 2.45. The van der Waals surface area contributed by atoms with Gasteiger partial charge in [0.2, 0.25) is 0 Å². The zero-order valence-corrected chi connectivity index (χ0v) is 9.02. The van der Waals surface area contributed by atoms with Crippen LogP contribution in [0.4, 0.5) is 4.39 Å². The number of hydrogen-bond acceptors (Lipinski definition) is 2. The molecule has 84 valence electrons. The lowest BCUT2D eigenvalue weighted by molar-refractivity contribution is 0.275. The molecule has 0 unspecified atom stereocenters. The van der Waals surface area contributed by atoms with Crippen molar-refractivity contribution < 1.29 is 9.50 Å². The highest BCUT2D eigenvalue weighted by Gasteiger charge is 2.04. The molecular formula is C12H13FN2O. The van der Waals surface area contributed by atoms with Crippen LogP contribution in [0.25, 0.3) is 0 Å². The molecule has 0 spiro atoms. The highest BCUT2D eigenvalue weighted by atomic mass is 19.1. The van der Waals surface area contributed by atoms with Gasteiger partial charge in [0.05, 0.1) is 12.8 Å². The molecule has 1 aromatic heterocycles. The molecule has 0 aliphatic carbocycles. The molecule has 1 N–H and O–H groups in total. The molecule has 16 heavy (non-hydrogen) atoms. The molecule has 1 aromatic carbocycles. The van der Waals surface area contributed by atoms with E-state index < -0.39 is 0 Å². The minimum absolute atomic E-state index is 0.265. The van der Waals surface area contributed by atoms with Gasteiger partial charge in [-0.15, -0.1) is 0 Å². The molecule has 0 radical (unpaired) electrons. The fourth-order valence-electron chi connectivity index (χ4n) is 1.63. The highest BCUT2D eigenvalue weighted by molar-refractivity contribution is 5.27. The Kier molecular flexibility index (Phi) is 3.01. The molecule has 2 aromatic rings. The summed E-state index contributed by atoms with van der Waals surface area (Å²) in [4.78, 5) is 0. The van der Waals surface area contributed by atoms with Gasteiger partial charge >= 0.3 is 0 Å². The summed E-state index contributed by atoms with van der Waals surface area (Å²) >= 11 is 0. The van der Waals surface area contributed by atoms with E-state index in [2.05, 4.69) is 5.10 Å². The zero-order chi connectivity index (χ0) is 11.5. The lowest BCUT2D eigenvalue weighted by Gasteiger charge is -2.02. The monoisotopic (exact) mass is 220 g/mol. The summed E-state index contributed by atoms with van der Waals surface area (Å²) in [6.45, 7) is -0.265. The Bertz CT molecular complexity index is 494. The van der Waals surface area contributed by atoms with E-state index in [0.29, 0.717) is 12.0 Å². The smallest absolute Gasteiger partial charge is 0.128 e. The maximum atomic E-state index is 13.4. The van der Waals surface area contributed by atoms with Crippen molar-refractivity contribution in [3.05, 3.63) is 53.1 Å². The topological polar surface area (TPSA) is 38.0 Å². The summed E-state index contributed by atoms with van der Waals surface area (Å²) in [6.07, 6.45) is 4.31. The number of aliphatic hydroxyl groups excluding tert-OH is 1. The van der Waals surface area contributed by atoms with Gasteiger partial charge in [-0.1, -0.05) is 12.1 Å². The van der Waals surface area contributed by atoms with Crippen molar-refractivity contribution in [1.82, 2.24) is 9.78 Å². The Hall–Kier alpha value is -1.68. The van der Waals surface area contributed by atoms with Crippen LogP contribution in [-0.2, 0) is 20.1 Å². The molecule has 0 bridgehead atoms. The van der Waals surface area contributed by atoms with Crippen LogP contribution in [0.3, 0.4) is 0 Å². The van der Waals surface area contributed by atoms with E-state index in [0.717, 1.165) is 11.1 Å². The second-order valence-corrected chi connectivity index (χ2v) is 3.78. The van der Waals surface area contributed by atoms with E-state index in [1.165, 1.54) is 6.07 Å². The quantitative estimate of drug-likeness (QED) is 0.854. The largest absolute Gasteiger partial charge is 0.392 e. The second-order valence-electron chi connectivity index (χ2n) is 3.78. The van der Waals surface area contributed by atoms with Gasteiger partial charge in [0.1, 0.15) is 5.82 Å². The number of aromatic nitrogens is 2. The van der Waals surface area contributed by atoms with Crippen LogP contribution in [0.15, 0.2) is 30.6 Å². The van der Waals surface area contributed by atoms with Crippen molar-refractivity contribution >= 4 is 0 Å². The van der Waals surface area contributed by atoms with Crippen molar-refractivity contribution in [2.45, 2.75) is 13.0 Å². The summed E-state index contributed by atoms with van der Waals surface area (Å²) < 4.78 is 15.1. The molecule has 0 atom stereocenters. The van der Waals surface area contributed by atoms with Crippen LogP contribution in [0, 0.1) is 5.82 Å². The minimum Gasteiger partial charge on any atom is -0.392 e. The number of halogens is 1. The molecule has 0 saturated heterocycles. The molecule has 1 heterocycles. The number of nitrogens with zero attached hydrogens (tertiary/aromatic N) is 2. The summed E-state index contributed by atoms with van der Waals surface area (Å²) in [6, 6.07) is 4.89. The number of aryl methyl sites for hydroxylation is 1. The molecule has 4 heteroatoms. The van der Waals surface area contributed by atoms with E-state index >= 15 is 0 Å². The maximum absolute atomic E-state index is 13.4. The third-order valence-corrected chi connectivity index (χ3v) is 2.45. The number of benzene rings is 1.